The molecule has 2 atom stereocenters. The fourth-order valence-electron chi connectivity index (χ4n) is 2.26. The Morgan fingerprint density at radius 3 is 2.58 bits per heavy atom. The van der Waals surface area contributed by atoms with Gasteiger partial charge in [-0.25, -0.2) is 0 Å². The van der Waals surface area contributed by atoms with E-state index < -0.39 is 0 Å². The summed E-state index contributed by atoms with van der Waals surface area (Å²) in [6.45, 7) is 8.72. The number of nitrogens with one attached hydrogen (secondary N) is 2. The number of amides is 1. The van der Waals surface area contributed by atoms with Crippen LogP contribution in [-0.2, 0) is 4.79 Å². The summed E-state index contributed by atoms with van der Waals surface area (Å²) in [5, 5.41) is 6.28. The van der Waals surface area contributed by atoms with E-state index in [0.29, 0.717) is 6.54 Å². The molecule has 0 spiro atoms. The van der Waals surface area contributed by atoms with Crippen LogP contribution in [0.5, 0.6) is 0 Å². The summed E-state index contributed by atoms with van der Waals surface area (Å²) in [6, 6.07) is 8.71. The predicted molar refractivity (Wildman–Crippen MR) is 80.1 cm³/mol. The van der Waals surface area contributed by atoms with Gasteiger partial charge in [-0.1, -0.05) is 37.6 Å². The van der Waals surface area contributed by atoms with Crippen molar-refractivity contribution in [3.05, 3.63) is 35.4 Å². The van der Waals surface area contributed by atoms with Crippen LogP contribution in [0.3, 0.4) is 0 Å². The largest absolute Gasteiger partial charge is 0.353 e. The van der Waals surface area contributed by atoms with Crippen molar-refractivity contribution in [3.63, 3.8) is 0 Å². The van der Waals surface area contributed by atoms with Gasteiger partial charge in [-0.15, -0.1) is 0 Å². The van der Waals surface area contributed by atoms with E-state index in [1.165, 1.54) is 11.1 Å². The molecule has 0 saturated carbocycles. The second-order valence-electron chi connectivity index (χ2n) is 5.22. The fraction of sp³-hybridized carbons (Fsp3) is 0.562. The Kier molecular flexibility index (Phi) is 6.57. The Bertz CT molecular complexity index is 403. The van der Waals surface area contributed by atoms with Gasteiger partial charge in [0.1, 0.15) is 0 Å². The highest BCUT2D eigenvalue weighted by atomic mass is 16.1. The van der Waals surface area contributed by atoms with Gasteiger partial charge in [-0.05, 0) is 38.3 Å². The molecule has 1 amide bonds. The van der Waals surface area contributed by atoms with Crippen molar-refractivity contribution in [3.8, 4) is 0 Å². The van der Waals surface area contributed by atoms with Crippen LogP contribution in [0.15, 0.2) is 24.3 Å². The summed E-state index contributed by atoms with van der Waals surface area (Å²) < 4.78 is 0. The molecule has 1 rings (SSSR count). The van der Waals surface area contributed by atoms with Gasteiger partial charge in [0.25, 0.3) is 0 Å². The van der Waals surface area contributed by atoms with E-state index >= 15 is 0 Å². The summed E-state index contributed by atoms with van der Waals surface area (Å²) in [6.07, 6.45) is 2.12. The van der Waals surface area contributed by atoms with Crippen molar-refractivity contribution in [2.45, 2.75) is 52.6 Å². The fourth-order valence-corrected chi connectivity index (χ4v) is 2.26. The molecule has 19 heavy (non-hydrogen) atoms. The highest BCUT2D eigenvalue weighted by Gasteiger charge is 2.10. The van der Waals surface area contributed by atoms with Crippen LogP contribution in [0.1, 0.15) is 50.8 Å². The van der Waals surface area contributed by atoms with Gasteiger partial charge in [0, 0.05) is 12.1 Å². The highest BCUT2D eigenvalue weighted by molar-refractivity contribution is 5.78. The van der Waals surface area contributed by atoms with E-state index in [-0.39, 0.29) is 18.0 Å². The lowest BCUT2D eigenvalue weighted by Gasteiger charge is -2.18. The van der Waals surface area contributed by atoms with Crippen LogP contribution in [0.4, 0.5) is 0 Å². The number of carbonyl (C=O) groups is 1. The quantitative estimate of drug-likeness (QED) is 0.793. The molecule has 0 heterocycles. The first kappa shape index (κ1) is 15.7. The number of rotatable bonds is 7. The molecule has 0 saturated heterocycles. The standard InChI is InChI=1S/C16H26N2O/c1-5-8-13(3)18-16(19)11-17-14(4)15-10-7-6-9-12(15)2/h6-7,9-10,13-14,17H,5,8,11H2,1-4H3,(H,18,19)/t13?,14-/m0/s1. The third-order valence-corrected chi connectivity index (χ3v) is 3.35. The van der Waals surface area contributed by atoms with Crippen LogP contribution < -0.4 is 10.6 Å². The van der Waals surface area contributed by atoms with Gasteiger partial charge in [-0.2, -0.15) is 0 Å². The average Bonchev–Trinajstić information content (AvgIpc) is 2.36. The van der Waals surface area contributed by atoms with Crippen LogP contribution >= 0.6 is 0 Å². The highest BCUT2D eigenvalue weighted by Crippen LogP contribution is 2.16. The lowest BCUT2D eigenvalue weighted by molar-refractivity contribution is -0.121. The molecule has 0 aromatic heterocycles. The predicted octanol–water partition coefficient (Wildman–Crippen LogP) is 2.95. The maximum Gasteiger partial charge on any atom is 0.234 e. The first-order chi connectivity index (χ1) is 9.04. The molecule has 2 N–H and O–H groups in total. The van der Waals surface area contributed by atoms with Gasteiger partial charge < -0.3 is 10.6 Å². The van der Waals surface area contributed by atoms with Gasteiger partial charge in [0.2, 0.25) is 5.91 Å². The van der Waals surface area contributed by atoms with Gasteiger partial charge in [0.15, 0.2) is 0 Å². The Morgan fingerprint density at radius 1 is 1.26 bits per heavy atom. The van der Waals surface area contributed by atoms with Crippen molar-refractivity contribution in [2.75, 3.05) is 6.54 Å². The maximum absolute atomic E-state index is 11.8. The molecule has 0 radical (unpaired) electrons. The van der Waals surface area contributed by atoms with Crippen LogP contribution in [0.2, 0.25) is 0 Å². The number of carbonyl (C=O) groups excluding carboxylic acids is 1. The molecule has 0 aliphatic heterocycles. The van der Waals surface area contributed by atoms with Gasteiger partial charge in [-0.3, -0.25) is 4.79 Å². The molecule has 3 nitrogen and oxygen atoms in total. The molecule has 0 bridgehead atoms. The lowest BCUT2D eigenvalue weighted by atomic mass is 10.0. The van der Waals surface area contributed by atoms with Crippen molar-refractivity contribution >= 4 is 5.91 Å². The smallest absolute Gasteiger partial charge is 0.234 e. The average molecular weight is 262 g/mol. The van der Waals surface area contributed by atoms with Crippen LogP contribution in [0.25, 0.3) is 0 Å². The Labute approximate surface area is 116 Å². The molecule has 0 aliphatic rings. The van der Waals surface area contributed by atoms with E-state index in [4.69, 9.17) is 0 Å². The molecular formula is C16H26N2O. The molecule has 1 unspecified atom stereocenters. The minimum Gasteiger partial charge on any atom is -0.353 e. The maximum atomic E-state index is 11.8. The number of hydrogen-bond donors (Lipinski definition) is 2. The third-order valence-electron chi connectivity index (χ3n) is 3.35. The van der Waals surface area contributed by atoms with Gasteiger partial charge >= 0.3 is 0 Å². The van der Waals surface area contributed by atoms with Crippen molar-refractivity contribution < 1.29 is 4.79 Å². The van der Waals surface area contributed by atoms with Crippen LogP contribution in [0, 0.1) is 6.92 Å². The van der Waals surface area contributed by atoms with Crippen molar-refractivity contribution in [1.29, 1.82) is 0 Å². The SMILES string of the molecule is CCCC(C)NC(=O)CN[C@@H](C)c1ccccc1C. The van der Waals surface area contributed by atoms with E-state index in [9.17, 15) is 4.79 Å². The zero-order chi connectivity index (χ0) is 14.3. The first-order valence-corrected chi connectivity index (χ1v) is 7.12. The van der Waals surface area contributed by atoms with E-state index in [1.54, 1.807) is 0 Å². The van der Waals surface area contributed by atoms with E-state index in [2.05, 4.69) is 43.5 Å². The second kappa shape index (κ2) is 7.95. The lowest BCUT2D eigenvalue weighted by Crippen LogP contribution is -2.39. The van der Waals surface area contributed by atoms with E-state index in [0.717, 1.165) is 12.8 Å². The molecule has 1 aromatic rings. The minimum atomic E-state index is 0.0707. The molecule has 3 heteroatoms. The van der Waals surface area contributed by atoms with Crippen molar-refractivity contribution in [2.24, 2.45) is 0 Å². The monoisotopic (exact) mass is 262 g/mol. The third kappa shape index (κ3) is 5.43. The Hall–Kier alpha value is -1.35. The Balaban J connectivity index is 2.40. The molecule has 1 aromatic carbocycles. The van der Waals surface area contributed by atoms with Crippen LogP contribution in [-0.4, -0.2) is 18.5 Å². The zero-order valence-electron chi connectivity index (χ0n) is 12.5. The summed E-state index contributed by atoms with van der Waals surface area (Å²) in [7, 11) is 0. The molecule has 0 fully saturated rings. The Morgan fingerprint density at radius 2 is 1.95 bits per heavy atom. The first-order valence-electron chi connectivity index (χ1n) is 7.12. The normalized spacial score (nSPS) is 13.9. The molecular weight excluding hydrogens is 236 g/mol. The number of benzene rings is 1. The summed E-state index contributed by atoms with van der Waals surface area (Å²) in [5.41, 5.74) is 2.50. The van der Waals surface area contributed by atoms with E-state index in [1.807, 2.05) is 19.1 Å². The summed E-state index contributed by atoms with van der Waals surface area (Å²) >= 11 is 0. The summed E-state index contributed by atoms with van der Waals surface area (Å²) in [4.78, 5) is 11.8. The summed E-state index contributed by atoms with van der Waals surface area (Å²) in [5.74, 6) is 0.0707. The number of aryl methyl sites for hydroxylation is 1. The van der Waals surface area contributed by atoms with Gasteiger partial charge in [0.05, 0.1) is 6.54 Å². The molecule has 106 valence electrons. The van der Waals surface area contributed by atoms with Crippen molar-refractivity contribution in [1.82, 2.24) is 10.6 Å². The zero-order valence-corrected chi connectivity index (χ0v) is 12.5. The topological polar surface area (TPSA) is 41.1 Å². The molecule has 0 aliphatic carbocycles. The number of hydrogen-bond acceptors (Lipinski definition) is 2. The minimum absolute atomic E-state index is 0.0707. The second-order valence-corrected chi connectivity index (χ2v) is 5.22.